The maximum atomic E-state index is 12.2. The van der Waals surface area contributed by atoms with E-state index in [0.29, 0.717) is 17.1 Å². The van der Waals surface area contributed by atoms with Crippen LogP contribution in [0.5, 0.6) is 5.75 Å². The lowest BCUT2D eigenvalue weighted by Crippen LogP contribution is -2.07. The molecule has 1 aromatic heterocycles. The van der Waals surface area contributed by atoms with Crippen LogP contribution in [0.2, 0.25) is 0 Å². The van der Waals surface area contributed by atoms with Crippen molar-refractivity contribution in [2.45, 2.75) is 4.34 Å². The molecule has 2 rings (SSSR count). The lowest BCUT2D eigenvalue weighted by Gasteiger charge is -2.06. The zero-order chi connectivity index (χ0) is 14.5. The summed E-state index contributed by atoms with van der Waals surface area (Å²) in [5.74, 6) is 0.945. The Kier molecular flexibility index (Phi) is 4.97. The second kappa shape index (κ2) is 6.71. The fraction of sp³-hybridized carbons (Fsp3) is 0.308. The number of Topliss-reactive ketones (excluding diaryl/α,β-unsaturated/α-hetero) is 1. The number of methoxy groups -OCH3 is 1. The first-order valence-corrected chi connectivity index (χ1v) is 7.72. The Labute approximate surface area is 126 Å². The molecule has 20 heavy (non-hydrogen) atoms. The number of ether oxygens (including phenoxy) is 1. The molecule has 0 unspecified atom stereocenters. The van der Waals surface area contributed by atoms with Crippen molar-refractivity contribution in [1.82, 2.24) is 10.2 Å². The average Bonchev–Trinajstić information content (AvgIpc) is 2.94. The highest BCUT2D eigenvalue weighted by Gasteiger charge is 2.14. The second-order valence-corrected chi connectivity index (χ2v) is 6.34. The summed E-state index contributed by atoms with van der Waals surface area (Å²) in [4.78, 5) is 14.1. The van der Waals surface area contributed by atoms with Crippen LogP contribution in [0.15, 0.2) is 28.6 Å². The van der Waals surface area contributed by atoms with Gasteiger partial charge in [-0.25, -0.2) is 0 Å². The lowest BCUT2D eigenvalue weighted by atomic mass is 10.1. The fourth-order valence-electron chi connectivity index (χ4n) is 1.52. The van der Waals surface area contributed by atoms with E-state index in [1.54, 1.807) is 19.2 Å². The monoisotopic (exact) mass is 309 g/mol. The Bertz CT molecular complexity index is 599. The summed E-state index contributed by atoms with van der Waals surface area (Å²) in [6.07, 6.45) is 0. The van der Waals surface area contributed by atoms with Gasteiger partial charge in [-0.15, -0.1) is 10.2 Å². The molecule has 0 aliphatic heterocycles. The van der Waals surface area contributed by atoms with Gasteiger partial charge >= 0.3 is 0 Å². The number of rotatable bonds is 6. The number of carbonyl (C=O) groups excluding carboxylic acids is 1. The van der Waals surface area contributed by atoms with E-state index in [1.165, 1.54) is 23.1 Å². The summed E-state index contributed by atoms with van der Waals surface area (Å²) in [7, 11) is 5.39. The average molecular weight is 309 g/mol. The Hall–Kier alpha value is -1.60. The van der Waals surface area contributed by atoms with Crippen molar-refractivity contribution in [2.24, 2.45) is 0 Å². The van der Waals surface area contributed by atoms with E-state index >= 15 is 0 Å². The number of thioether (sulfide) groups is 1. The second-order valence-electron chi connectivity index (χ2n) is 4.16. The van der Waals surface area contributed by atoms with Crippen LogP contribution in [0.25, 0.3) is 0 Å². The number of hydrogen-bond acceptors (Lipinski definition) is 7. The fourth-order valence-corrected chi connectivity index (χ4v) is 3.17. The quantitative estimate of drug-likeness (QED) is 0.604. The molecule has 106 valence electrons. The predicted octanol–water partition coefficient (Wildman–Crippen LogP) is 2.59. The molecule has 1 heterocycles. The zero-order valence-corrected chi connectivity index (χ0v) is 13.1. The molecule has 0 saturated carbocycles. The molecule has 0 spiro atoms. The first-order valence-electron chi connectivity index (χ1n) is 5.91. The van der Waals surface area contributed by atoms with Gasteiger partial charge in [0.15, 0.2) is 10.1 Å². The molecule has 2 aromatic rings. The summed E-state index contributed by atoms with van der Waals surface area (Å²) in [5.41, 5.74) is 0.597. The molecule has 0 atom stereocenters. The highest BCUT2D eigenvalue weighted by atomic mass is 32.2. The van der Waals surface area contributed by atoms with Gasteiger partial charge in [0.25, 0.3) is 0 Å². The highest BCUT2D eigenvalue weighted by molar-refractivity contribution is 8.01. The molecule has 0 aliphatic carbocycles. The molecule has 0 bridgehead atoms. The number of para-hydroxylation sites is 1. The van der Waals surface area contributed by atoms with Crippen molar-refractivity contribution in [3.8, 4) is 5.75 Å². The molecule has 1 aromatic carbocycles. The van der Waals surface area contributed by atoms with Crippen molar-refractivity contribution in [3.05, 3.63) is 29.8 Å². The Morgan fingerprint density at radius 2 is 2.10 bits per heavy atom. The number of hydrogen-bond donors (Lipinski definition) is 0. The Balaban J connectivity index is 2.01. The van der Waals surface area contributed by atoms with Crippen LogP contribution in [0, 0.1) is 0 Å². The summed E-state index contributed by atoms with van der Waals surface area (Å²) in [6, 6.07) is 7.23. The normalized spacial score (nSPS) is 10.3. The van der Waals surface area contributed by atoms with Crippen molar-refractivity contribution in [3.63, 3.8) is 0 Å². The Morgan fingerprint density at radius 3 is 2.75 bits per heavy atom. The number of anilines is 1. The molecule has 0 aliphatic rings. The highest BCUT2D eigenvalue weighted by Crippen LogP contribution is 2.28. The minimum absolute atomic E-state index is 0.0223. The minimum Gasteiger partial charge on any atom is -0.496 e. The smallest absolute Gasteiger partial charge is 0.208 e. The van der Waals surface area contributed by atoms with Crippen molar-refractivity contribution in [1.29, 1.82) is 0 Å². The summed E-state index contributed by atoms with van der Waals surface area (Å²) in [6.45, 7) is 0. The van der Waals surface area contributed by atoms with Crippen LogP contribution < -0.4 is 9.64 Å². The van der Waals surface area contributed by atoms with Crippen LogP contribution in [0.1, 0.15) is 10.4 Å². The van der Waals surface area contributed by atoms with E-state index in [4.69, 9.17) is 4.74 Å². The van der Waals surface area contributed by atoms with Gasteiger partial charge in [-0.05, 0) is 12.1 Å². The SMILES string of the molecule is COc1ccccc1C(=O)CSc1nnc(N(C)C)s1. The van der Waals surface area contributed by atoms with Crippen LogP contribution in [-0.2, 0) is 0 Å². The number of benzene rings is 1. The van der Waals surface area contributed by atoms with E-state index in [-0.39, 0.29) is 5.78 Å². The third-order valence-corrected chi connectivity index (χ3v) is 4.74. The molecule has 5 nitrogen and oxygen atoms in total. The van der Waals surface area contributed by atoms with Gasteiger partial charge < -0.3 is 9.64 Å². The number of carbonyl (C=O) groups is 1. The van der Waals surface area contributed by atoms with Crippen LogP contribution in [-0.4, -0.2) is 42.9 Å². The molecular formula is C13H15N3O2S2. The van der Waals surface area contributed by atoms with Crippen LogP contribution in [0.4, 0.5) is 5.13 Å². The molecule has 0 saturated heterocycles. The van der Waals surface area contributed by atoms with E-state index in [9.17, 15) is 4.79 Å². The molecule has 0 radical (unpaired) electrons. The van der Waals surface area contributed by atoms with E-state index in [1.807, 2.05) is 31.1 Å². The van der Waals surface area contributed by atoms with Gasteiger partial charge in [-0.1, -0.05) is 35.2 Å². The third kappa shape index (κ3) is 3.49. The lowest BCUT2D eigenvalue weighted by molar-refractivity contribution is 0.101. The standard InChI is InChI=1S/C13H15N3O2S2/c1-16(2)12-14-15-13(20-12)19-8-10(17)9-6-4-5-7-11(9)18-3/h4-7H,8H2,1-3H3. The number of ketones is 1. The molecule has 7 heteroatoms. The minimum atomic E-state index is 0.0223. The number of aromatic nitrogens is 2. The maximum absolute atomic E-state index is 12.2. The summed E-state index contributed by atoms with van der Waals surface area (Å²) >= 11 is 2.87. The molecule has 0 N–H and O–H groups in total. The first kappa shape index (κ1) is 14.8. The van der Waals surface area contributed by atoms with E-state index in [2.05, 4.69) is 10.2 Å². The largest absolute Gasteiger partial charge is 0.496 e. The first-order chi connectivity index (χ1) is 9.61. The molecular weight excluding hydrogens is 294 g/mol. The summed E-state index contributed by atoms with van der Waals surface area (Å²) in [5, 5.41) is 8.92. The molecule has 0 fully saturated rings. The number of nitrogens with zero attached hydrogens (tertiary/aromatic N) is 3. The van der Waals surface area contributed by atoms with Gasteiger partial charge in [0.05, 0.1) is 18.4 Å². The van der Waals surface area contributed by atoms with E-state index < -0.39 is 0 Å². The Morgan fingerprint density at radius 1 is 1.35 bits per heavy atom. The van der Waals surface area contributed by atoms with Gasteiger partial charge in [0.1, 0.15) is 5.75 Å². The summed E-state index contributed by atoms with van der Waals surface area (Å²) < 4.78 is 5.98. The van der Waals surface area contributed by atoms with Crippen molar-refractivity contribution >= 4 is 34.0 Å². The van der Waals surface area contributed by atoms with Crippen molar-refractivity contribution < 1.29 is 9.53 Å². The van der Waals surface area contributed by atoms with Crippen LogP contribution in [0.3, 0.4) is 0 Å². The van der Waals surface area contributed by atoms with Crippen LogP contribution >= 0.6 is 23.1 Å². The third-order valence-electron chi connectivity index (χ3n) is 2.51. The van der Waals surface area contributed by atoms with E-state index in [0.717, 1.165) is 9.47 Å². The topological polar surface area (TPSA) is 55.3 Å². The van der Waals surface area contributed by atoms with Gasteiger partial charge in [0.2, 0.25) is 5.13 Å². The zero-order valence-electron chi connectivity index (χ0n) is 11.5. The molecule has 0 amide bonds. The maximum Gasteiger partial charge on any atom is 0.208 e. The van der Waals surface area contributed by atoms with Gasteiger partial charge in [-0.3, -0.25) is 4.79 Å². The van der Waals surface area contributed by atoms with Gasteiger partial charge in [0, 0.05) is 14.1 Å². The van der Waals surface area contributed by atoms with Gasteiger partial charge in [-0.2, -0.15) is 0 Å². The van der Waals surface area contributed by atoms with Crippen molar-refractivity contribution in [2.75, 3.05) is 31.9 Å². The predicted molar refractivity (Wildman–Crippen MR) is 82.3 cm³/mol.